The highest BCUT2D eigenvalue weighted by Gasteiger charge is 2.18. The average molecular weight is 240 g/mol. The van der Waals surface area contributed by atoms with Crippen LogP contribution < -0.4 is 0 Å². The number of hydrogen-bond donors (Lipinski definition) is 1. The Hall–Kier alpha value is -1.49. The number of halogens is 2. The molecule has 1 aromatic rings. The number of hydrogen-bond acceptors (Lipinski definition) is 3. The van der Waals surface area contributed by atoms with Crippen LogP contribution in [0.3, 0.4) is 0 Å². The molecule has 1 aromatic carbocycles. The molecule has 1 saturated heterocycles. The van der Waals surface area contributed by atoms with Crippen molar-refractivity contribution < 1.29 is 14.0 Å². The Morgan fingerprint density at radius 3 is 2.53 bits per heavy atom. The molecule has 3 nitrogen and oxygen atoms in total. The first-order valence-electron chi connectivity index (χ1n) is 5.59. The van der Waals surface area contributed by atoms with Crippen molar-refractivity contribution in [1.82, 2.24) is 4.90 Å². The lowest BCUT2D eigenvalue weighted by Gasteiger charge is -2.17. The molecule has 0 saturated carbocycles. The van der Waals surface area contributed by atoms with Crippen LogP contribution in [0.4, 0.5) is 8.78 Å². The van der Waals surface area contributed by atoms with Gasteiger partial charge < -0.3 is 5.21 Å². The molecule has 92 valence electrons. The molecule has 1 N–H and O–H groups in total. The fourth-order valence-electron chi connectivity index (χ4n) is 2.13. The van der Waals surface area contributed by atoms with Crippen LogP contribution in [-0.2, 0) is 6.54 Å². The molecule has 17 heavy (non-hydrogen) atoms. The molecule has 0 amide bonds. The van der Waals surface area contributed by atoms with Gasteiger partial charge in [-0.15, -0.1) is 0 Å². The summed E-state index contributed by atoms with van der Waals surface area (Å²) < 4.78 is 27.2. The molecule has 1 aliphatic rings. The van der Waals surface area contributed by atoms with Crippen LogP contribution >= 0.6 is 0 Å². The summed E-state index contributed by atoms with van der Waals surface area (Å²) in [6, 6.07) is 2.15. The van der Waals surface area contributed by atoms with Gasteiger partial charge in [-0.05, 0) is 38.1 Å². The summed E-state index contributed by atoms with van der Waals surface area (Å²) in [6.45, 7) is 2.14. The second-order valence-corrected chi connectivity index (χ2v) is 4.15. The van der Waals surface area contributed by atoms with Crippen LogP contribution in [0, 0.1) is 11.6 Å². The summed E-state index contributed by atoms with van der Waals surface area (Å²) in [4.78, 5) is 2.06. The SMILES string of the molecule is O/N=C/c1c(F)ccc(F)c1CN1CCCC1. The second-order valence-electron chi connectivity index (χ2n) is 4.15. The van der Waals surface area contributed by atoms with Gasteiger partial charge in [-0.25, -0.2) is 8.78 Å². The van der Waals surface area contributed by atoms with Crippen LogP contribution in [0.25, 0.3) is 0 Å². The third-order valence-corrected chi connectivity index (χ3v) is 3.01. The molecule has 0 aromatic heterocycles. The quantitative estimate of drug-likeness (QED) is 0.500. The van der Waals surface area contributed by atoms with E-state index in [-0.39, 0.29) is 11.1 Å². The molecule has 1 fully saturated rings. The lowest BCUT2D eigenvalue weighted by molar-refractivity contribution is 0.319. The van der Waals surface area contributed by atoms with Crippen molar-refractivity contribution in [2.24, 2.45) is 5.16 Å². The maximum Gasteiger partial charge on any atom is 0.132 e. The van der Waals surface area contributed by atoms with E-state index in [0.717, 1.165) is 44.3 Å². The maximum absolute atomic E-state index is 13.7. The lowest BCUT2D eigenvalue weighted by atomic mass is 10.1. The summed E-state index contributed by atoms with van der Waals surface area (Å²) in [6.07, 6.45) is 3.12. The van der Waals surface area contributed by atoms with E-state index >= 15 is 0 Å². The van der Waals surface area contributed by atoms with Gasteiger partial charge >= 0.3 is 0 Å². The molecule has 5 heteroatoms. The highest BCUT2D eigenvalue weighted by molar-refractivity contribution is 5.81. The van der Waals surface area contributed by atoms with E-state index in [1.54, 1.807) is 0 Å². The van der Waals surface area contributed by atoms with Gasteiger partial charge in [0.15, 0.2) is 0 Å². The van der Waals surface area contributed by atoms with Crippen molar-refractivity contribution in [1.29, 1.82) is 0 Å². The average Bonchev–Trinajstić information content (AvgIpc) is 2.81. The van der Waals surface area contributed by atoms with Crippen molar-refractivity contribution >= 4 is 6.21 Å². The highest BCUT2D eigenvalue weighted by atomic mass is 19.1. The first kappa shape index (κ1) is 12.0. The van der Waals surface area contributed by atoms with E-state index in [2.05, 4.69) is 10.1 Å². The van der Waals surface area contributed by atoms with Crippen molar-refractivity contribution in [3.05, 3.63) is 34.9 Å². The van der Waals surface area contributed by atoms with Gasteiger partial charge in [0.25, 0.3) is 0 Å². The number of benzene rings is 1. The zero-order chi connectivity index (χ0) is 12.3. The molecule has 2 rings (SSSR count). The Kier molecular flexibility index (Phi) is 3.68. The minimum atomic E-state index is -0.571. The third kappa shape index (κ3) is 2.61. The predicted molar refractivity (Wildman–Crippen MR) is 60.2 cm³/mol. The summed E-state index contributed by atoms with van der Waals surface area (Å²) >= 11 is 0. The Labute approximate surface area is 98.3 Å². The summed E-state index contributed by atoms with van der Waals surface area (Å²) in [5.41, 5.74) is 0.282. The molecule has 0 spiro atoms. The Balaban J connectivity index is 2.32. The molecule has 1 heterocycles. The number of oxime groups is 1. The van der Waals surface area contributed by atoms with Crippen molar-refractivity contribution in [3.8, 4) is 0 Å². The molecule has 0 atom stereocenters. The summed E-state index contributed by atoms with van der Waals surface area (Å²) in [7, 11) is 0. The molecular weight excluding hydrogens is 226 g/mol. The minimum Gasteiger partial charge on any atom is -0.411 e. The smallest absolute Gasteiger partial charge is 0.132 e. The molecule has 0 bridgehead atoms. The Morgan fingerprint density at radius 1 is 1.24 bits per heavy atom. The third-order valence-electron chi connectivity index (χ3n) is 3.01. The summed E-state index contributed by atoms with van der Waals surface area (Å²) in [5.74, 6) is -1.04. The number of rotatable bonds is 3. The van der Waals surface area contributed by atoms with Gasteiger partial charge in [0.2, 0.25) is 0 Å². The van der Waals surface area contributed by atoms with E-state index in [1.165, 1.54) is 0 Å². The molecule has 0 unspecified atom stereocenters. The van der Waals surface area contributed by atoms with E-state index in [4.69, 9.17) is 5.21 Å². The maximum atomic E-state index is 13.7. The van der Waals surface area contributed by atoms with Crippen molar-refractivity contribution in [2.75, 3.05) is 13.1 Å². The lowest BCUT2D eigenvalue weighted by Crippen LogP contribution is -2.20. The van der Waals surface area contributed by atoms with Crippen LogP contribution in [0.15, 0.2) is 17.3 Å². The van der Waals surface area contributed by atoms with E-state index < -0.39 is 11.6 Å². The molecule has 0 radical (unpaired) electrons. The molecular formula is C12H14F2N2O. The van der Waals surface area contributed by atoms with Crippen LogP contribution in [-0.4, -0.2) is 29.4 Å². The first-order chi connectivity index (χ1) is 8.22. The fraction of sp³-hybridized carbons (Fsp3) is 0.417. The van der Waals surface area contributed by atoms with E-state index in [9.17, 15) is 8.78 Å². The summed E-state index contributed by atoms with van der Waals surface area (Å²) in [5, 5.41) is 11.3. The number of likely N-dealkylation sites (tertiary alicyclic amines) is 1. The molecule has 0 aliphatic carbocycles. The van der Waals surface area contributed by atoms with Gasteiger partial charge in [0.05, 0.1) is 6.21 Å². The fourth-order valence-corrected chi connectivity index (χ4v) is 2.13. The van der Waals surface area contributed by atoms with Gasteiger partial charge in [0.1, 0.15) is 11.6 Å². The predicted octanol–water partition coefficient (Wildman–Crippen LogP) is 2.37. The standard InChI is InChI=1S/C12H14F2N2O/c13-11-3-4-12(14)10(9(11)7-15-17)8-16-5-1-2-6-16/h3-4,7,17H,1-2,5-6,8H2/b15-7+. The Bertz CT molecular complexity index is 429. The monoisotopic (exact) mass is 240 g/mol. The van der Waals surface area contributed by atoms with Gasteiger partial charge in [-0.2, -0.15) is 0 Å². The highest BCUT2D eigenvalue weighted by Crippen LogP contribution is 2.20. The van der Waals surface area contributed by atoms with E-state index in [1.807, 2.05) is 0 Å². The van der Waals surface area contributed by atoms with Crippen LogP contribution in [0.5, 0.6) is 0 Å². The normalized spacial score (nSPS) is 17.1. The second kappa shape index (κ2) is 5.23. The first-order valence-corrected chi connectivity index (χ1v) is 5.59. The van der Waals surface area contributed by atoms with Crippen molar-refractivity contribution in [3.63, 3.8) is 0 Å². The zero-order valence-electron chi connectivity index (χ0n) is 9.37. The van der Waals surface area contributed by atoms with E-state index in [0.29, 0.717) is 6.54 Å². The van der Waals surface area contributed by atoms with Gasteiger partial charge in [0, 0.05) is 17.7 Å². The minimum absolute atomic E-state index is 0.0272. The largest absolute Gasteiger partial charge is 0.411 e. The topological polar surface area (TPSA) is 35.8 Å². The van der Waals surface area contributed by atoms with Gasteiger partial charge in [-0.1, -0.05) is 5.16 Å². The van der Waals surface area contributed by atoms with Crippen LogP contribution in [0.1, 0.15) is 24.0 Å². The number of nitrogens with zero attached hydrogens (tertiary/aromatic N) is 2. The molecule has 1 aliphatic heterocycles. The zero-order valence-corrected chi connectivity index (χ0v) is 9.37. The van der Waals surface area contributed by atoms with Crippen LogP contribution in [0.2, 0.25) is 0 Å². The van der Waals surface area contributed by atoms with Crippen molar-refractivity contribution in [2.45, 2.75) is 19.4 Å². The van der Waals surface area contributed by atoms with Gasteiger partial charge in [-0.3, -0.25) is 4.90 Å². The Morgan fingerprint density at radius 2 is 1.88 bits per heavy atom.